The third-order valence-electron chi connectivity index (χ3n) is 1.91. The number of halogens is 3. The van der Waals surface area contributed by atoms with Gasteiger partial charge in [-0.25, -0.2) is 8.78 Å². The molecule has 2 rings (SSSR count). The molecule has 1 heterocycles. The van der Waals surface area contributed by atoms with Crippen LogP contribution in [0.25, 0.3) is 5.69 Å². The summed E-state index contributed by atoms with van der Waals surface area (Å²) >= 11 is 5.72. The van der Waals surface area contributed by atoms with Gasteiger partial charge >= 0.3 is 0 Å². The molecule has 84 valence electrons. The van der Waals surface area contributed by atoms with Gasteiger partial charge in [-0.05, 0) is 16.5 Å². The van der Waals surface area contributed by atoms with Gasteiger partial charge in [0.15, 0.2) is 11.6 Å². The molecule has 0 spiro atoms. The zero-order valence-electron chi connectivity index (χ0n) is 7.86. The maximum Gasteiger partial charge on any atom is 0.170 e. The van der Waals surface area contributed by atoms with E-state index in [1.54, 1.807) is 0 Å². The number of nitrogens with two attached hydrogens (primary N) is 1. The number of nitrogens with zero attached hydrogens (tertiary/aromatic N) is 4. The molecule has 0 atom stereocenters. The highest BCUT2D eigenvalue weighted by Crippen LogP contribution is 2.24. The van der Waals surface area contributed by atoms with Crippen molar-refractivity contribution in [2.24, 2.45) is 5.73 Å². The van der Waals surface area contributed by atoms with Crippen molar-refractivity contribution in [1.29, 1.82) is 0 Å². The van der Waals surface area contributed by atoms with Crippen LogP contribution in [0.1, 0.15) is 5.82 Å². The van der Waals surface area contributed by atoms with Crippen LogP contribution in [0, 0.1) is 11.6 Å². The van der Waals surface area contributed by atoms with Crippen molar-refractivity contribution in [3.05, 3.63) is 34.6 Å². The summed E-state index contributed by atoms with van der Waals surface area (Å²) in [5.74, 6) is -1.40. The third kappa shape index (κ3) is 1.74. The molecule has 1 aromatic carbocycles. The Morgan fingerprint density at radius 2 is 2.12 bits per heavy atom. The highest BCUT2D eigenvalue weighted by atomic mass is 35.5. The van der Waals surface area contributed by atoms with Crippen molar-refractivity contribution < 1.29 is 8.78 Å². The molecular formula is C8H6ClF2N5. The smallest absolute Gasteiger partial charge is 0.170 e. The van der Waals surface area contributed by atoms with Crippen molar-refractivity contribution in [1.82, 2.24) is 20.2 Å². The van der Waals surface area contributed by atoms with E-state index >= 15 is 0 Å². The van der Waals surface area contributed by atoms with E-state index in [0.717, 1.165) is 10.7 Å². The number of hydrogen-bond donors (Lipinski definition) is 1. The van der Waals surface area contributed by atoms with E-state index in [-0.39, 0.29) is 23.1 Å². The lowest BCUT2D eigenvalue weighted by Gasteiger charge is -2.06. The molecule has 0 saturated heterocycles. The second-order valence-corrected chi connectivity index (χ2v) is 3.34. The molecule has 0 saturated carbocycles. The van der Waals surface area contributed by atoms with Crippen LogP contribution in [0.5, 0.6) is 0 Å². The van der Waals surface area contributed by atoms with Gasteiger partial charge in [-0.2, -0.15) is 4.68 Å². The molecule has 0 aliphatic carbocycles. The average Bonchev–Trinajstić information content (AvgIpc) is 2.64. The fourth-order valence-electron chi connectivity index (χ4n) is 1.24. The van der Waals surface area contributed by atoms with E-state index in [9.17, 15) is 8.78 Å². The van der Waals surface area contributed by atoms with Crippen molar-refractivity contribution in [2.45, 2.75) is 6.54 Å². The largest absolute Gasteiger partial charge is 0.324 e. The predicted octanol–water partition coefficient (Wildman–Crippen LogP) is 1.05. The van der Waals surface area contributed by atoms with Crippen LogP contribution in [-0.2, 0) is 6.54 Å². The van der Waals surface area contributed by atoms with E-state index in [0.29, 0.717) is 6.07 Å². The second kappa shape index (κ2) is 4.11. The van der Waals surface area contributed by atoms with Gasteiger partial charge in [0.25, 0.3) is 0 Å². The Morgan fingerprint density at radius 3 is 2.75 bits per heavy atom. The Bertz CT molecular complexity index is 504. The lowest BCUT2D eigenvalue weighted by Crippen LogP contribution is -2.10. The average molecular weight is 246 g/mol. The molecule has 0 fully saturated rings. The van der Waals surface area contributed by atoms with Gasteiger partial charge < -0.3 is 5.73 Å². The van der Waals surface area contributed by atoms with Gasteiger partial charge in [-0.1, -0.05) is 11.6 Å². The van der Waals surface area contributed by atoms with Gasteiger partial charge in [0, 0.05) is 6.07 Å². The topological polar surface area (TPSA) is 69.6 Å². The fraction of sp³-hybridized carbons (Fsp3) is 0.125. The number of benzene rings is 1. The van der Waals surface area contributed by atoms with Crippen LogP contribution in [-0.4, -0.2) is 20.2 Å². The summed E-state index contributed by atoms with van der Waals surface area (Å²) in [6.45, 7) is 0.0140. The van der Waals surface area contributed by atoms with Gasteiger partial charge in [0.2, 0.25) is 0 Å². The molecule has 0 aliphatic heterocycles. The Balaban J connectivity index is 2.64. The van der Waals surface area contributed by atoms with E-state index in [1.807, 2.05) is 0 Å². The van der Waals surface area contributed by atoms with Gasteiger partial charge in [0.1, 0.15) is 11.5 Å². The number of hydrogen-bond acceptors (Lipinski definition) is 4. The van der Waals surface area contributed by atoms with Crippen LogP contribution >= 0.6 is 11.6 Å². The van der Waals surface area contributed by atoms with Crippen LogP contribution in [0.3, 0.4) is 0 Å². The first-order valence-corrected chi connectivity index (χ1v) is 4.63. The van der Waals surface area contributed by atoms with Gasteiger partial charge in [0.05, 0.1) is 11.6 Å². The van der Waals surface area contributed by atoms with Crippen LogP contribution < -0.4 is 5.73 Å². The normalized spacial score (nSPS) is 10.8. The molecular weight excluding hydrogens is 240 g/mol. The van der Waals surface area contributed by atoms with Gasteiger partial charge in [-0.3, -0.25) is 0 Å². The standard InChI is InChI=1S/C8H6ClF2N5/c9-5-1-4(10)2-6(11)8(5)16-7(3-12)13-14-15-16/h1-2H,3,12H2. The molecule has 0 radical (unpaired) electrons. The maximum atomic E-state index is 13.5. The lowest BCUT2D eigenvalue weighted by atomic mass is 10.3. The summed E-state index contributed by atoms with van der Waals surface area (Å²) in [5.41, 5.74) is 5.24. The summed E-state index contributed by atoms with van der Waals surface area (Å²) in [6.07, 6.45) is 0. The Hall–Kier alpha value is -1.60. The van der Waals surface area contributed by atoms with E-state index in [2.05, 4.69) is 15.5 Å². The summed E-state index contributed by atoms with van der Waals surface area (Å²) in [6, 6.07) is 1.67. The first-order chi connectivity index (χ1) is 7.63. The molecule has 0 amide bonds. The monoisotopic (exact) mass is 245 g/mol. The van der Waals surface area contributed by atoms with E-state index < -0.39 is 11.6 Å². The van der Waals surface area contributed by atoms with Gasteiger partial charge in [-0.15, -0.1) is 5.10 Å². The second-order valence-electron chi connectivity index (χ2n) is 2.93. The minimum atomic E-state index is -0.855. The maximum absolute atomic E-state index is 13.5. The van der Waals surface area contributed by atoms with E-state index in [1.165, 1.54) is 0 Å². The first kappa shape index (κ1) is 10.9. The number of rotatable bonds is 2. The highest BCUT2D eigenvalue weighted by Gasteiger charge is 2.16. The van der Waals surface area contributed by atoms with Crippen LogP contribution in [0.2, 0.25) is 5.02 Å². The summed E-state index contributed by atoms with van der Waals surface area (Å²) in [7, 11) is 0. The van der Waals surface area contributed by atoms with Crippen LogP contribution in [0.4, 0.5) is 8.78 Å². The molecule has 16 heavy (non-hydrogen) atoms. The number of aromatic nitrogens is 4. The zero-order valence-corrected chi connectivity index (χ0v) is 8.62. The Labute approximate surface area is 93.8 Å². The van der Waals surface area contributed by atoms with Crippen molar-refractivity contribution in [2.75, 3.05) is 0 Å². The fourth-order valence-corrected chi connectivity index (χ4v) is 1.52. The van der Waals surface area contributed by atoms with Crippen molar-refractivity contribution >= 4 is 11.6 Å². The highest BCUT2D eigenvalue weighted by molar-refractivity contribution is 6.32. The minimum Gasteiger partial charge on any atom is -0.324 e. The molecule has 0 bridgehead atoms. The summed E-state index contributed by atoms with van der Waals surface area (Å²) in [4.78, 5) is 0. The molecule has 5 nitrogen and oxygen atoms in total. The predicted molar refractivity (Wildman–Crippen MR) is 52.0 cm³/mol. The molecule has 2 N–H and O–H groups in total. The minimum absolute atomic E-state index is 0.0140. The Morgan fingerprint density at radius 1 is 1.38 bits per heavy atom. The molecule has 1 aromatic heterocycles. The molecule has 0 aliphatic rings. The SMILES string of the molecule is NCc1nnnn1-c1c(F)cc(F)cc1Cl. The number of tetrazole rings is 1. The molecule has 0 unspecified atom stereocenters. The van der Waals surface area contributed by atoms with Crippen molar-refractivity contribution in [3.63, 3.8) is 0 Å². The zero-order chi connectivity index (χ0) is 11.7. The van der Waals surface area contributed by atoms with Crippen molar-refractivity contribution in [3.8, 4) is 5.69 Å². The molecule has 2 aromatic rings. The lowest BCUT2D eigenvalue weighted by molar-refractivity contribution is 0.569. The quantitative estimate of drug-likeness (QED) is 0.859. The summed E-state index contributed by atoms with van der Waals surface area (Å²) < 4.78 is 27.4. The first-order valence-electron chi connectivity index (χ1n) is 4.25. The third-order valence-corrected chi connectivity index (χ3v) is 2.20. The van der Waals surface area contributed by atoms with Crippen LogP contribution in [0.15, 0.2) is 12.1 Å². The van der Waals surface area contributed by atoms with E-state index in [4.69, 9.17) is 17.3 Å². The molecule has 8 heteroatoms. The summed E-state index contributed by atoms with van der Waals surface area (Å²) in [5, 5.41) is 10.3. The Kier molecular flexibility index (Phi) is 2.80.